The van der Waals surface area contributed by atoms with Gasteiger partial charge in [-0.25, -0.2) is 0 Å². The number of rotatable bonds is 5. The van der Waals surface area contributed by atoms with Crippen molar-refractivity contribution in [3.8, 4) is 0 Å². The minimum Gasteiger partial charge on any atom is -0.379 e. The van der Waals surface area contributed by atoms with Gasteiger partial charge in [0.2, 0.25) is 0 Å². The van der Waals surface area contributed by atoms with Gasteiger partial charge in [-0.15, -0.1) is 0 Å². The number of amides is 1. The van der Waals surface area contributed by atoms with E-state index in [1.807, 2.05) is 20.8 Å². The maximum absolute atomic E-state index is 12.8. The molecular weight excluding hydrogens is 300 g/mol. The smallest absolute Gasteiger partial charge is 0.256 e. The van der Waals surface area contributed by atoms with Gasteiger partial charge in [-0.1, -0.05) is 38.1 Å². The van der Waals surface area contributed by atoms with Gasteiger partial charge in [0.05, 0.1) is 0 Å². The topological polar surface area (TPSA) is 52.6 Å². The second kappa shape index (κ2) is 7.24. The van der Waals surface area contributed by atoms with E-state index in [0.717, 1.165) is 12.0 Å². The second-order valence-electron chi connectivity index (χ2n) is 8.36. The van der Waals surface area contributed by atoms with E-state index in [9.17, 15) is 9.90 Å². The van der Waals surface area contributed by atoms with Gasteiger partial charge in [-0.05, 0) is 50.7 Å². The minimum atomic E-state index is -1.29. The molecule has 1 aromatic carbocycles. The lowest BCUT2D eigenvalue weighted by molar-refractivity contribution is -0.157. The molecule has 0 aliphatic carbocycles. The number of carbonyl (C=O) groups is 1. The molecule has 4 heteroatoms. The first-order valence-electron chi connectivity index (χ1n) is 8.96. The number of piperidine rings is 1. The number of aliphatic hydroxyl groups is 1. The Bertz CT molecular complexity index is 560. The molecule has 0 saturated carbocycles. The van der Waals surface area contributed by atoms with Crippen molar-refractivity contribution < 1.29 is 9.90 Å². The van der Waals surface area contributed by atoms with Crippen molar-refractivity contribution in [3.63, 3.8) is 0 Å². The van der Waals surface area contributed by atoms with E-state index in [2.05, 4.69) is 43.4 Å². The molecule has 1 aliphatic rings. The maximum Gasteiger partial charge on any atom is 0.256 e. The summed E-state index contributed by atoms with van der Waals surface area (Å²) in [6.07, 6.45) is 1.36. The van der Waals surface area contributed by atoms with Gasteiger partial charge < -0.3 is 15.3 Å². The van der Waals surface area contributed by atoms with Crippen LogP contribution in [0.4, 0.5) is 0 Å². The van der Waals surface area contributed by atoms with E-state index in [0.29, 0.717) is 32.0 Å². The normalized spacial score (nSPS) is 22.3. The Morgan fingerprint density at radius 3 is 2.42 bits per heavy atom. The standard InChI is InChI=1S/C20H32N2O2/c1-15(2)17-9-7-16(8-10-17)13-22-12-6-11-20(24,18(22)23)14-21-19(3,4)5/h7-10,15,21,24H,6,11-14H2,1-5H3/t20-/m1/s1. The first-order valence-corrected chi connectivity index (χ1v) is 8.96. The quantitative estimate of drug-likeness (QED) is 0.871. The average molecular weight is 332 g/mol. The second-order valence-corrected chi connectivity index (χ2v) is 8.36. The van der Waals surface area contributed by atoms with Crippen LogP contribution in [-0.2, 0) is 11.3 Å². The molecule has 24 heavy (non-hydrogen) atoms. The van der Waals surface area contributed by atoms with Gasteiger partial charge in [0.25, 0.3) is 5.91 Å². The molecule has 0 unspecified atom stereocenters. The summed E-state index contributed by atoms with van der Waals surface area (Å²) in [7, 11) is 0. The van der Waals surface area contributed by atoms with Gasteiger partial charge in [0, 0.05) is 25.2 Å². The summed E-state index contributed by atoms with van der Waals surface area (Å²) in [5, 5.41) is 14.1. The maximum atomic E-state index is 12.8. The van der Waals surface area contributed by atoms with Crippen molar-refractivity contribution in [1.82, 2.24) is 10.2 Å². The number of β-amino-alcohol motifs (C(OH)–C–C–N with tert-alkyl or cyclic N) is 1. The van der Waals surface area contributed by atoms with E-state index in [-0.39, 0.29) is 11.4 Å². The van der Waals surface area contributed by atoms with Crippen LogP contribution in [0.25, 0.3) is 0 Å². The number of carbonyl (C=O) groups excluding carboxylic acids is 1. The first kappa shape index (κ1) is 18.9. The van der Waals surface area contributed by atoms with Crippen LogP contribution in [0, 0.1) is 0 Å². The highest BCUT2D eigenvalue weighted by molar-refractivity contribution is 5.86. The van der Waals surface area contributed by atoms with Crippen LogP contribution in [0.15, 0.2) is 24.3 Å². The van der Waals surface area contributed by atoms with E-state index < -0.39 is 5.60 Å². The predicted molar refractivity (Wildman–Crippen MR) is 97.9 cm³/mol. The lowest BCUT2D eigenvalue weighted by atomic mass is 9.90. The lowest BCUT2D eigenvalue weighted by Crippen LogP contribution is -2.59. The number of likely N-dealkylation sites (tertiary alicyclic amines) is 1. The van der Waals surface area contributed by atoms with Crippen LogP contribution < -0.4 is 5.32 Å². The molecule has 4 nitrogen and oxygen atoms in total. The third kappa shape index (κ3) is 4.81. The molecule has 1 saturated heterocycles. The Kier molecular flexibility index (Phi) is 5.71. The third-order valence-electron chi connectivity index (χ3n) is 4.63. The molecule has 0 bridgehead atoms. The van der Waals surface area contributed by atoms with Crippen molar-refractivity contribution >= 4 is 5.91 Å². The highest BCUT2D eigenvalue weighted by atomic mass is 16.3. The molecule has 1 fully saturated rings. The van der Waals surface area contributed by atoms with Crippen LogP contribution in [0.5, 0.6) is 0 Å². The largest absolute Gasteiger partial charge is 0.379 e. The molecule has 0 aromatic heterocycles. The van der Waals surface area contributed by atoms with Gasteiger partial charge in [-0.2, -0.15) is 0 Å². The summed E-state index contributed by atoms with van der Waals surface area (Å²) in [5.74, 6) is 0.350. The summed E-state index contributed by atoms with van der Waals surface area (Å²) in [5.41, 5.74) is 1.00. The molecule has 2 N–H and O–H groups in total. The molecule has 1 aliphatic heterocycles. The van der Waals surface area contributed by atoms with E-state index in [4.69, 9.17) is 0 Å². The third-order valence-corrected chi connectivity index (χ3v) is 4.63. The van der Waals surface area contributed by atoms with Crippen LogP contribution in [-0.4, -0.2) is 40.1 Å². The van der Waals surface area contributed by atoms with Crippen molar-refractivity contribution in [2.45, 2.75) is 71.1 Å². The van der Waals surface area contributed by atoms with Gasteiger partial charge in [0.1, 0.15) is 0 Å². The van der Waals surface area contributed by atoms with Crippen molar-refractivity contribution in [3.05, 3.63) is 35.4 Å². The molecule has 0 spiro atoms. The molecule has 0 radical (unpaired) electrons. The summed E-state index contributed by atoms with van der Waals surface area (Å²) >= 11 is 0. The zero-order valence-electron chi connectivity index (χ0n) is 15.7. The molecule has 1 aromatic rings. The van der Waals surface area contributed by atoms with Crippen LogP contribution in [0.2, 0.25) is 0 Å². The van der Waals surface area contributed by atoms with Crippen molar-refractivity contribution in [2.24, 2.45) is 0 Å². The Morgan fingerprint density at radius 1 is 1.25 bits per heavy atom. The molecular formula is C20H32N2O2. The van der Waals surface area contributed by atoms with Crippen LogP contribution in [0.3, 0.4) is 0 Å². The molecule has 1 heterocycles. The first-order chi connectivity index (χ1) is 11.1. The van der Waals surface area contributed by atoms with Crippen LogP contribution in [0.1, 0.15) is 64.5 Å². The highest BCUT2D eigenvalue weighted by Crippen LogP contribution is 2.25. The zero-order chi connectivity index (χ0) is 18.0. The Labute approximate surface area is 146 Å². The van der Waals surface area contributed by atoms with Gasteiger partial charge in [0.15, 0.2) is 5.60 Å². The molecule has 2 rings (SSSR count). The fourth-order valence-electron chi connectivity index (χ4n) is 3.02. The van der Waals surface area contributed by atoms with Gasteiger partial charge in [-0.3, -0.25) is 4.79 Å². The number of hydrogen-bond acceptors (Lipinski definition) is 3. The predicted octanol–water partition coefficient (Wildman–Crippen LogP) is 3.05. The summed E-state index contributed by atoms with van der Waals surface area (Å²) < 4.78 is 0. The number of nitrogens with one attached hydrogen (secondary N) is 1. The fraction of sp³-hybridized carbons (Fsp3) is 0.650. The molecule has 1 amide bonds. The fourth-order valence-corrected chi connectivity index (χ4v) is 3.02. The Balaban J connectivity index is 2.04. The lowest BCUT2D eigenvalue weighted by Gasteiger charge is -2.39. The molecule has 134 valence electrons. The number of nitrogens with zero attached hydrogens (tertiary/aromatic N) is 1. The van der Waals surface area contributed by atoms with E-state index in [1.165, 1.54) is 5.56 Å². The number of benzene rings is 1. The highest BCUT2D eigenvalue weighted by Gasteiger charge is 2.42. The van der Waals surface area contributed by atoms with Gasteiger partial charge >= 0.3 is 0 Å². The molecule has 1 atom stereocenters. The zero-order valence-corrected chi connectivity index (χ0v) is 15.7. The average Bonchev–Trinajstić information content (AvgIpc) is 2.50. The monoisotopic (exact) mass is 332 g/mol. The summed E-state index contributed by atoms with van der Waals surface area (Å²) in [4.78, 5) is 14.6. The van der Waals surface area contributed by atoms with Crippen molar-refractivity contribution in [1.29, 1.82) is 0 Å². The SMILES string of the molecule is CC(C)c1ccc(CN2CCC[C@@](O)(CNC(C)(C)C)C2=O)cc1. The number of hydrogen-bond donors (Lipinski definition) is 2. The van der Waals surface area contributed by atoms with E-state index >= 15 is 0 Å². The Hall–Kier alpha value is -1.39. The summed E-state index contributed by atoms with van der Waals surface area (Å²) in [6.45, 7) is 12.0. The van der Waals surface area contributed by atoms with Crippen molar-refractivity contribution in [2.75, 3.05) is 13.1 Å². The van der Waals surface area contributed by atoms with Crippen LogP contribution >= 0.6 is 0 Å². The van der Waals surface area contributed by atoms with E-state index in [1.54, 1.807) is 4.90 Å². The minimum absolute atomic E-state index is 0.120. The Morgan fingerprint density at radius 2 is 1.88 bits per heavy atom. The summed E-state index contributed by atoms with van der Waals surface area (Å²) in [6, 6.07) is 8.43.